The molecule has 29 heavy (non-hydrogen) atoms. The Morgan fingerprint density at radius 2 is 1.76 bits per heavy atom. The van der Waals surface area contributed by atoms with Crippen molar-refractivity contribution in [3.8, 4) is 28.6 Å². The van der Waals surface area contributed by atoms with Gasteiger partial charge in [-0.25, -0.2) is 4.98 Å². The van der Waals surface area contributed by atoms with Gasteiger partial charge < -0.3 is 24.3 Å². The molecule has 7 heteroatoms. The largest absolute Gasteiger partial charge is 0.497 e. The van der Waals surface area contributed by atoms with Crippen molar-refractivity contribution in [2.45, 2.75) is 26.7 Å². The maximum atomic E-state index is 12.7. The van der Waals surface area contributed by atoms with Crippen LogP contribution in [0, 0.1) is 13.8 Å². The number of unbranched alkanes of at least 4 members (excludes halogenated alkanes) is 1. The summed E-state index contributed by atoms with van der Waals surface area (Å²) in [7, 11) is 3.06. The molecule has 1 aromatic heterocycles. The van der Waals surface area contributed by atoms with Gasteiger partial charge in [-0.1, -0.05) is 0 Å². The minimum Gasteiger partial charge on any atom is -0.497 e. The molecule has 0 fully saturated rings. The van der Waals surface area contributed by atoms with E-state index >= 15 is 0 Å². The van der Waals surface area contributed by atoms with Crippen LogP contribution in [-0.4, -0.2) is 42.5 Å². The first-order valence-electron chi connectivity index (χ1n) is 9.49. The minimum absolute atomic E-state index is 0.164. The van der Waals surface area contributed by atoms with E-state index in [9.17, 15) is 4.79 Å². The van der Waals surface area contributed by atoms with Crippen LogP contribution in [-0.2, 0) is 0 Å². The molecule has 3 rings (SSSR count). The first-order valence-corrected chi connectivity index (χ1v) is 9.49. The first kappa shape index (κ1) is 20.7. The number of aryl methyl sites for hydroxylation is 2. The number of aromatic amines is 1. The van der Waals surface area contributed by atoms with Gasteiger partial charge in [0.05, 0.1) is 26.3 Å². The van der Waals surface area contributed by atoms with Crippen LogP contribution in [0.3, 0.4) is 0 Å². The predicted molar refractivity (Wildman–Crippen MR) is 112 cm³/mol. The molecular formula is C22H26N2O5. The van der Waals surface area contributed by atoms with Crippen LogP contribution in [0.1, 0.15) is 24.0 Å². The molecule has 3 aromatic rings. The molecule has 7 nitrogen and oxygen atoms in total. The van der Waals surface area contributed by atoms with E-state index in [1.807, 2.05) is 26.0 Å². The van der Waals surface area contributed by atoms with Gasteiger partial charge in [0.25, 0.3) is 5.56 Å². The van der Waals surface area contributed by atoms with Crippen molar-refractivity contribution in [1.82, 2.24) is 9.97 Å². The number of rotatable bonds is 8. The van der Waals surface area contributed by atoms with Crippen LogP contribution in [0.5, 0.6) is 17.2 Å². The standard InChI is InChI=1S/C22H26N2O5/c1-13-9-15(10-14(2)20(13)29-8-6-5-7-25)21-23-17-11-16(27-3)12-18(28-4)19(17)22(26)24-21/h9-12,25H,5-8H2,1-4H3,(H,23,24,26). The second kappa shape index (κ2) is 8.96. The summed E-state index contributed by atoms with van der Waals surface area (Å²) in [6, 6.07) is 7.26. The third-order valence-electron chi connectivity index (χ3n) is 4.73. The zero-order valence-electron chi connectivity index (χ0n) is 17.2. The maximum Gasteiger partial charge on any atom is 0.262 e. The Bertz CT molecular complexity index is 1050. The van der Waals surface area contributed by atoms with E-state index in [0.717, 1.165) is 28.9 Å². The van der Waals surface area contributed by atoms with Gasteiger partial charge in [-0.05, 0) is 49.9 Å². The number of aliphatic hydroxyl groups excluding tert-OH is 1. The fraction of sp³-hybridized carbons (Fsp3) is 0.364. The highest BCUT2D eigenvalue weighted by atomic mass is 16.5. The predicted octanol–water partition coefficient (Wildman–Crippen LogP) is 3.38. The van der Waals surface area contributed by atoms with Gasteiger partial charge in [-0.3, -0.25) is 4.79 Å². The van der Waals surface area contributed by atoms with Crippen molar-refractivity contribution < 1.29 is 19.3 Å². The Kier molecular flexibility index (Phi) is 6.39. The Morgan fingerprint density at radius 3 is 2.38 bits per heavy atom. The third-order valence-corrected chi connectivity index (χ3v) is 4.73. The Balaban J connectivity index is 2.03. The van der Waals surface area contributed by atoms with Crippen LogP contribution < -0.4 is 19.8 Å². The zero-order valence-corrected chi connectivity index (χ0v) is 17.2. The van der Waals surface area contributed by atoms with E-state index in [0.29, 0.717) is 41.3 Å². The minimum atomic E-state index is -0.274. The highest BCUT2D eigenvalue weighted by Gasteiger charge is 2.15. The number of aliphatic hydroxyl groups is 1. The van der Waals surface area contributed by atoms with Crippen LogP contribution in [0.25, 0.3) is 22.3 Å². The maximum absolute atomic E-state index is 12.7. The van der Waals surface area contributed by atoms with Crippen LogP contribution in [0.15, 0.2) is 29.1 Å². The van der Waals surface area contributed by atoms with Crippen molar-refractivity contribution >= 4 is 10.9 Å². The lowest BCUT2D eigenvalue weighted by atomic mass is 10.0. The number of aromatic nitrogens is 2. The highest BCUT2D eigenvalue weighted by Crippen LogP contribution is 2.31. The number of nitrogens with one attached hydrogen (secondary N) is 1. The van der Waals surface area contributed by atoms with Crippen LogP contribution in [0.2, 0.25) is 0 Å². The number of ether oxygens (including phenoxy) is 3. The average molecular weight is 398 g/mol. The van der Waals surface area contributed by atoms with Crippen LogP contribution >= 0.6 is 0 Å². The Hall–Kier alpha value is -3.06. The normalized spacial score (nSPS) is 10.9. The summed E-state index contributed by atoms with van der Waals surface area (Å²) in [5.74, 6) is 2.27. The van der Waals surface area contributed by atoms with Gasteiger partial charge in [0.15, 0.2) is 0 Å². The summed E-state index contributed by atoms with van der Waals surface area (Å²) in [5.41, 5.74) is 2.93. The molecule has 0 aliphatic carbocycles. The number of nitrogens with zero attached hydrogens (tertiary/aromatic N) is 1. The number of benzene rings is 2. The van der Waals surface area contributed by atoms with Gasteiger partial charge in [0.1, 0.15) is 28.5 Å². The molecule has 0 saturated heterocycles. The van der Waals surface area contributed by atoms with Gasteiger partial charge in [-0.15, -0.1) is 0 Å². The molecule has 1 heterocycles. The topological polar surface area (TPSA) is 93.7 Å². The zero-order chi connectivity index (χ0) is 21.0. The summed E-state index contributed by atoms with van der Waals surface area (Å²) in [5, 5.41) is 9.28. The lowest BCUT2D eigenvalue weighted by molar-refractivity contribution is 0.252. The van der Waals surface area contributed by atoms with E-state index in [1.54, 1.807) is 19.2 Å². The SMILES string of the molecule is COc1cc(OC)c2c(=O)[nH]c(-c3cc(C)c(OCCCCO)c(C)c3)nc2c1. The molecule has 0 amide bonds. The van der Waals surface area contributed by atoms with Crippen molar-refractivity contribution in [3.05, 3.63) is 45.7 Å². The molecule has 154 valence electrons. The van der Waals surface area contributed by atoms with Crippen LogP contribution in [0.4, 0.5) is 0 Å². The summed E-state index contributed by atoms with van der Waals surface area (Å²) in [4.78, 5) is 20.2. The van der Waals surface area contributed by atoms with E-state index < -0.39 is 0 Å². The van der Waals surface area contributed by atoms with Crippen molar-refractivity contribution in [2.75, 3.05) is 27.4 Å². The summed E-state index contributed by atoms with van der Waals surface area (Å²) in [6.07, 6.45) is 1.51. The second-order valence-corrected chi connectivity index (χ2v) is 6.86. The van der Waals surface area contributed by atoms with Gasteiger partial charge >= 0.3 is 0 Å². The number of hydrogen-bond acceptors (Lipinski definition) is 6. The van der Waals surface area contributed by atoms with E-state index in [4.69, 9.17) is 19.3 Å². The summed E-state index contributed by atoms with van der Waals surface area (Å²) >= 11 is 0. The quantitative estimate of drug-likeness (QED) is 0.565. The molecule has 2 N–H and O–H groups in total. The summed E-state index contributed by atoms with van der Waals surface area (Å²) in [6.45, 7) is 4.63. The number of fused-ring (bicyclic) bond motifs is 1. The highest BCUT2D eigenvalue weighted by molar-refractivity contribution is 5.87. The molecule has 0 aliphatic rings. The molecule has 0 atom stereocenters. The second-order valence-electron chi connectivity index (χ2n) is 6.86. The lowest BCUT2D eigenvalue weighted by Gasteiger charge is -2.14. The van der Waals surface area contributed by atoms with Crippen molar-refractivity contribution in [2.24, 2.45) is 0 Å². The fourth-order valence-electron chi connectivity index (χ4n) is 3.33. The van der Waals surface area contributed by atoms with E-state index in [1.165, 1.54) is 7.11 Å². The number of H-pyrrole nitrogens is 1. The third kappa shape index (κ3) is 4.35. The lowest BCUT2D eigenvalue weighted by Crippen LogP contribution is -2.11. The molecule has 2 aromatic carbocycles. The monoisotopic (exact) mass is 398 g/mol. The first-order chi connectivity index (χ1) is 14.0. The Morgan fingerprint density at radius 1 is 1.03 bits per heavy atom. The van der Waals surface area contributed by atoms with Crippen molar-refractivity contribution in [3.63, 3.8) is 0 Å². The smallest absolute Gasteiger partial charge is 0.262 e. The average Bonchev–Trinajstić information content (AvgIpc) is 2.71. The summed E-state index contributed by atoms with van der Waals surface area (Å²) < 4.78 is 16.5. The molecule has 0 spiro atoms. The van der Waals surface area contributed by atoms with Gasteiger partial charge in [0, 0.05) is 24.3 Å². The van der Waals surface area contributed by atoms with E-state index in [-0.39, 0.29) is 12.2 Å². The van der Waals surface area contributed by atoms with Crippen molar-refractivity contribution in [1.29, 1.82) is 0 Å². The Labute approximate surface area is 169 Å². The molecule has 0 radical (unpaired) electrons. The molecule has 0 unspecified atom stereocenters. The van der Waals surface area contributed by atoms with Gasteiger partial charge in [0.2, 0.25) is 0 Å². The molecule has 0 saturated carbocycles. The molecular weight excluding hydrogens is 372 g/mol. The number of hydrogen-bond donors (Lipinski definition) is 2. The number of methoxy groups -OCH3 is 2. The van der Waals surface area contributed by atoms with Gasteiger partial charge in [-0.2, -0.15) is 0 Å². The molecule has 0 bridgehead atoms. The van der Waals surface area contributed by atoms with E-state index in [2.05, 4.69) is 9.97 Å². The molecule has 0 aliphatic heterocycles. The fourth-order valence-corrected chi connectivity index (χ4v) is 3.33.